The molecule has 1 saturated heterocycles. The van der Waals surface area contributed by atoms with Crippen LogP contribution in [0.3, 0.4) is 0 Å². The van der Waals surface area contributed by atoms with E-state index in [1.54, 1.807) is 30.2 Å². The number of carbonyl (C=O) groups is 1. The molecule has 3 heterocycles. The lowest BCUT2D eigenvalue weighted by Crippen LogP contribution is -2.50. The van der Waals surface area contributed by atoms with Gasteiger partial charge in [-0.05, 0) is 18.2 Å². The lowest BCUT2D eigenvalue weighted by molar-refractivity contribution is 0.208. The van der Waals surface area contributed by atoms with Crippen LogP contribution in [0.1, 0.15) is 0 Å². The van der Waals surface area contributed by atoms with E-state index in [2.05, 4.69) is 20.2 Å². The predicted molar refractivity (Wildman–Crippen MR) is 111 cm³/mol. The Bertz CT molecular complexity index is 922. The van der Waals surface area contributed by atoms with Crippen LogP contribution in [0.5, 0.6) is 5.88 Å². The third-order valence-electron chi connectivity index (χ3n) is 4.70. The van der Waals surface area contributed by atoms with Crippen LogP contribution in [0, 0.1) is 0 Å². The number of hydrogen-bond acceptors (Lipinski definition) is 6. The molecule has 4 rings (SSSR count). The number of urea groups is 1. The van der Waals surface area contributed by atoms with Crippen molar-refractivity contribution in [1.29, 1.82) is 0 Å². The normalized spacial score (nSPS) is 14.0. The minimum absolute atomic E-state index is 0.0806. The molecule has 0 radical (unpaired) electrons. The van der Waals surface area contributed by atoms with Crippen molar-refractivity contribution in [3.8, 4) is 17.1 Å². The monoisotopic (exact) mass is 395 g/mol. The van der Waals surface area contributed by atoms with E-state index in [0.717, 1.165) is 35.7 Å². The molecule has 1 aliphatic heterocycles. The van der Waals surface area contributed by atoms with E-state index >= 15 is 0 Å². The second-order valence-electron chi connectivity index (χ2n) is 6.42. The summed E-state index contributed by atoms with van der Waals surface area (Å²) in [5.41, 5.74) is 5.53. The molecule has 1 fully saturated rings. The van der Waals surface area contributed by atoms with Crippen LogP contribution in [0.4, 0.5) is 16.2 Å². The molecule has 0 spiro atoms. The standard InChI is InChI=1S/C20H21N5O2S/c1-27-19-6-5-17(12-21-19)24-7-9-25(10-8-24)20(26)23-16-4-2-3-15(11-16)18-13-28-14-22-18/h2-6,11-14H,7-10H2,1H3,(H,23,26). The molecule has 0 saturated carbocycles. The molecule has 1 aliphatic rings. The van der Waals surface area contributed by atoms with Gasteiger partial charge in [0.15, 0.2) is 0 Å². The molecule has 144 valence electrons. The van der Waals surface area contributed by atoms with Gasteiger partial charge in [-0.25, -0.2) is 14.8 Å². The van der Waals surface area contributed by atoms with Crippen LogP contribution in [-0.2, 0) is 0 Å². The molecule has 1 aromatic carbocycles. The van der Waals surface area contributed by atoms with Crippen molar-refractivity contribution < 1.29 is 9.53 Å². The fraction of sp³-hybridized carbons (Fsp3) is 0.250. The summed E-state index contributed by atoms with van der Waals surface area (Å²) in [6, 6.07) is 11.5. The van der Waals surface area contributed by atoms with E-state index in [0.29, 0.717) is 19.0 Å². The van der Waals surface area contributed by atoms with Gasteiger partial charge in [0.1, 0.15) is 0 Å². The maximum atomic E-state index is 12.6. The Kier molecular flexibility index (Phi) is 5.38. The number of amides is 2. The number of pyridine rings is 1. The van der Waals surface area contributed by atoms with Gasteiger partial charge in [-0.1, -0.05) is 12.1 Å². The van der Waals surface area contributed by atoms with Gasteiger partial charge in [-0.2, -0.15) is 0 Å². The molecule has 1 N–H and O–H groups in total. The number of nitrogens with one attached hydrogen (secondary N) is 1. The van der Waals surface area contributed by atoms with Gasteiger partial charge in [0.05, 0.1) is 30.2 Å². The highest BCUT2D eigenvalue weighted by Crippen LogP contribution is 2.23. The summed E-state index contributed by atoms with van der Waals surface area (Å²) in [4.78, 5) is 25.3. The molecule has 28 heavy (non-hydrogen) atoms. The molecular formula is C20H21N5O2S. The molecule has 7 nitrogen and oxygen atoms in total. The van der Waals surface area contributed by atoms with E-state index in [9.17, 15) is 4.79 Å². The zero-order valence-electron chi connectivity index (χ0n) is 15.5. The number of thiazole rings is 1. The Morgan fingerprint density at radius 1 is 1.14 bits per heavy atom. The highest BCUT2D eigenvalue weighted by molar-refractivity contribution is 7.07. The Morgan fingerprint density at radius 3 is 2.68 bits per heavy atom. The minimum Gasteiger partial charge on any atom is -0.481 e. The number of piperazine rings is 1. The van der Waals surface area contributed by atoms with Crippen LogP contribution >= 0.6 is 11.3 Å². The fourth-order valence-corrected chi connectivity index (χ4v) is 3.72. The van der Waals surface area contributed by atoms with E-state index < -0.39 is 0 Å². The van der Waals surface area contributed by atoms with Crippen molar-refractivity contribution in [3.63, 3.8) is 0 Å². The number of hydrogen-bond donors (Lipinski definition) is 1. The van der Waals surface area contributed by atoms with Crippen LogP contribution in [0.25, 0.3) is 11.3 Å². The summed E-state index contributed by atoms with van der Waals surface area (Å²) in [6.07, 6.45) is 1.80. The van der Waals surface area contributed by atoms with Gasteiger partial charge < -0.3 is 19.9 Å². The highest BCUT2D eigenvalue weighted by Gasteiger charge is 2.21. The summed E-state index contributed by atoms with van der Waals surface area (Å²) in [5.74, 6) is 0.599. The first kappa shape index (κ1) is 18.2. The molecule has 8 heteroatoms. The average molecular weight is 395 g/mol. The maximum Gasteiger partial charge on any atom is 0.321 e. The van der Waals surface area contributed by atoms with E-state index in [4.69, 9.17) is 4.74 Å². The number of benzene rings is 1. The molecule has 3 aromatic rings. The highest BCUT2D eigenvalue weighted by atomic mass is 32.1. The number of carbonyl (C=O) groups excluding carboxylic acids is 1. The lowest BCUT2D eigenvalue weighted by Gasteiger charge is -2.35. The van der Waals surface area contributed by atoms with Gasteiger partial charge in [-0.3, -0.25) is 0 Å². The SMILES string of the molecule is COc1ccc(N2CCN(C(=O)Nc3cccc(-c4cscn4)c3)CC2)cn1. The van der Waals surface area contributed by atoms with E-state index in [1.807, 2.05) is 46.7 Å². The second-order valence-corrected chi connectivity index (χ2v) is 7.14. The number of rotatable bonds is 4. The van der Waals surface area contributed by atoms with Crippen LogP contribution < -0.4 is 15.0 Å². The molecule has 0 atom stereocenters. The Hall–Kier alpha value is -3.13. The largest absolute Gasteiger partial charge is 0.481 e. The van der Waals surface area contributed by atoms with Crippen molar-refractivity contribution in [2.45, 2.75) is 0 Å². The summed E-state index contributed by atoms with van der Waals surface area (Å²) in [6.45, 7) is 2.84. The minimum atomic E-state index is -0.0806. The molecular weight excluding hydrogens is 374 g/mol. The number of aromatic nitrogens is 2. The zero-order valence-corrected chi connectivity index (χ0v) is 16.4. The zero-order chi connectivity index (χ0) is 19.3. The average Bonchev–Trinajstić information content (AvgIpc) is 3.29. The third-order valence-corrected chi connectivity index (χ3v) is 5.29. The predicted octanol–water partition coefficient (Wildman–Crippen LogP) is 3.57. The van der Waals surface area contributed by atoms with Crippen LogP contribution in [0.15, 0.2) is 53.5 Å². The van der Waals surface area contributed by atoms with E-state index in [1.165, 1.54) is 0 Å². The molecule has 0 bridgehead atoms. The van der Waals surface area contributed by atoms with Gasteiger partial charge in [0, 0.05) is 48.9 Å². The quantitative estimate of drug-likeness (QED) is 0.731. The van der Waals surface area contributed by atoms with Crippen molar-refractivity contribution in [3.05, 3.63) is 53.5 Å². The molecule has 2 amide bonds. The van der Waals surface area contributed by atoms with Crippen molar-refractivity contribution in [2.75, 3.05) is 43.5 Å². The molecule has 0 unspecified atom stereocenters. The van der Waals surface area contributed by atoms with Gasteiger partial charge >= 0.3 is 6.03 Å². The fourth-order valence-electron chi connectivity index (χ4n) is 3.16. The number of anilines is 2. The molecule has 2 aromatic heterocycles. The van der Waals surface area contributed by atoms with Crippen LogP contribution in [0.2, 0.25) is 0 Å². The Labute approximate surface area is 167 Å². The number of ether oxygens (including phenoxy) is 1. The van der Waals surface area contributed by atoms with Crippen molar-refractivity contribution >= 4 is 28.7 Å². The summed E-state index contributed by atoms with van der Waals surface area (Å²) in [7, 11) is 1.60. The summed E-state index contributed by atoms with van der Waals surface area (Å²) in [5, 5.41) is 4.99. The lowest BCUT2D eigenvalue weighted by atomic mass is 10.1. The first-order valence-electron chi connectivity index (χ1n) is 9.02. The Morgan fingerprint density at radius 2 is 2.00 bits per heavy atom. The van der Waals surface area contributed by atoms with Crippen molar-refractivity contribution in [1.82, 2.24) is 14.9 Å². The maximum absolute atomic E-state index is 12.6. The first-order valence-corrected chi connectivity index (χ1v) is 9.97. The topological polar surface area (TPSA) is 70.6 Å². The third kappa shape index (κ3) is 4.07. The Balaban J connectivity index is 1.34. The first-order chi connectivity index (χ1) is 13.7. The summed E-state index contributed by atoms with van der Waals surface area (Å²) >= 11 is 1.55. The van der Waals surface area contributed by atoms with E-state index in [-0.39, 0.29) is 6.03 Å². The van der Waals surface area contributed by atoms with Crippen LogP contribution in [-0.4, -0.2) is 54.2 Å². The number of methoxy groups -OCH3 is 1. The second kappa shape index (κ2) is 8.26. The number of nitrogens with zero attached hydrogens (tertiary/aromatic N) is 4. The van der Waals surface area contributed by atoms with Crippen molar-refractivity contribution in [2.24, 2.45) is 0 Å². The van der Waals surface area contributed by atoms with Gasteiger partial charge in [0.2, 0.25) is 5.88 Å². The van der Waals surface area contributed by atoms with Gasteiger partial charge in [0.25, 0.3) is 0 Å². The van der Waals surface area contributed by atoms with Gasteiger partial charge in [-0.15, -0.1) is 11.3 Å². The molecule has 0 aliphatic carbocycles. The smallest absolute Gasteiger partial charge is 0.321 e. The summed E-state index contributed by atoms with van der Waals surface area (Å²) < 4.78 is 5.10.